The third-order valence-electron chi connectivity index (χ3n) is 15.6. The summed E-state index contributed by atoms with van der Waals surface area (Å²) in [6, 6.07) is 66.6. The third-order valence-corrected chi connectivity index (χ3v) is 19.1. The van der Waals surface area contributed by atoms with Crippen LogP contribution in [0, 0.1) is 17.8 Å². The normalized spacial score (nSPS) is 12.5. The van der Waals surface area contributed by atoms with Gasteiger partial charge in [0.25, 0.3) is 0 Å². The summed E-state index contributed by atoms with van der Waals surface area (Å²) in [6.07, 6.45) is 14.6. The van der Waals surface area contributed by atoms with E-state index in [-0.39, 0.29) is 0 Å². The lowest BCUT2D eigenvalue weighted by Crippen LogP contribution is -2.11. The number of hydrogen-bond donors (Lipinski definition) is 0. The molecule has 0 amide bonds. The van der Waals surface area contributed by atoms with Gasteiger partial charge in [-0.2, -0.15) is 0 Å². The summed E-state index contributed by atoms with van der Waals surface area (Å²) in [7, 11) is 0. The molecule has 6 aromatic carbocycles. The zero-order chi connectivity index (χ0) is 54.8. The number of benzene rings is 6. The Balaban J connectivity index is 0.921. The number of rotatable bonds is 30. The molecule has 0 fully saturated rings. The van der Waals surface area contributed by atoms with Gasteiger partial charge in [0.05, 0.1) is 19.8 Å². The van der Waals surface area contributed by atoms with E-state index in [1.165, 1.54) is 120 Å². The van der Waals surface area contributed by atoms with Gasteiger partial charge >= 0.3 is 0 Å². The highest BCUT2D eigenvalue weighted by molar-refractivity contribution is 7.19. The van der Waals surface area contributed by atoms with E-state index in [2.05, 4.69) is 228 Å². The molecule has 3 atom stereocenters. The van der Waals surface area contributed by atoms with Crippen molar-refractivity contribution in [3.05, 3.63) is 182 Å². The van der Waals surface area contributed by atoms with E-state index < -0.39 is 0 Å². The summed E-state index contributed by atoms with van der Waals surface area (Å²) in [5.74, 6) is 4.68. The van der Waals surface area contributed by atoms with Gasteiger partial charge in [0.15, 0.2) is 0 Å². The van der Waals surface area contributed by atoms with Gasteiger partial charge in [-0.05, 0) is 216 Å². The first kappa shape index (κ1) is 57.3. The summed E-state index contributed by atoms with van der Waals surface area (Å²) >= 11 is 5.49. The second-order valence-electron chi connectivity index (χ2n) is 21.2. The largest absolute Gasteiger partial charge is 0.493 e. The molecule has 0 spiro atoms. The minimum atomic E-state index is 0.611. The lowest BCUT2D eigenvalue weighted by molar-refractivity contribution is 0.233. The predicted molar refractivity (Wildman–Crippen MR) is 344 cm³/mol. The minimum Gasteiger partial charge on any atom is -0.493 e. The number of unbranched alkanes of at least 4 members (excludes halogenated alkanes) is 3. The Bertz CT molecular complexity index is 2840. The highest BCUT2D eigenvalue weighted by Gasteiger charge is 2.17. The highest BCUT2D eigenvalue weighted by Crippen LogP contribution is 2.43. The number of ether oxygens (including phenoxy) is 3. The van der Waals surface area contributed by atoms with Crippen molar-refractivity contribution in [2.45, 2.75) is 119 Å². The molecule has 3 aromatic heterocycles. The molecule has 9 aromatic rings. The number of hydrogen-bond acceptors (Lipinski definition) is 7. The Morgan fingerprint density at radius 1 is 0.291 bits per heavy atom. The molecule has 0 aliphatic heterocycles. The van der Waals surface area contributed by atoms with Gasteiger partial charge in [0, 0.05) is 46.3 Å². The van der Waals surface area contributed by atoms with E-state index in [1.54, 1.807) is 0 Å². The van der Waals surface area contributed by atoms with E-state index in [0.29, 0.717) is 17.8 Å². The van der Waals surface area contributed by atoms with E-state index in [4.69, 9.17) is 14.2 Å². The average Bonchev–Trinajstić information content (AvgIpc) is 4.38. The van der Waals surface area contributed by atoms with Crippen LogP contribution in [-0.2, 0) is 0 Å². The smallest absolute Gasteiger partial charge is 0.119 e. The predicted octanol–water partition coefficient (Wildman–Crippen LogP) is 23.1. The molecule has 0 bridgehead atoms. The number of anilines is 3. The minimum absolute atomic E-state index is 0.611. The van der Waals surface area contributed by atoms with E-state index in [9.17, 15) is 0 Å². The molecule has 3 unspecified atom stereocenters. The Morgan fingerprint density at radius 3 is 0.709 bits per heavy atom. The van der Waals surface area contributed by atoms with E-state index in [0.717, 1.165) is 73.4 Å². The van der Waals surface area contributed by atoms with Crippen molar-refractivity contribution in [3.8, 4) is 79.9 Å². The topological polar surface area (TPSA) is 30.9 Å². The van der Waals surface area contributed by atoms with Gasteiger partial charge in [0.1, 0.15) is 17.2 Å². The summed E-state index contributed by atoms with van der Waals surface area (Å²) in [4.78, 5) is 9.86. The Kier molecular flexibility index (Phi) is 21.2. The second-order valence-corrected chi connectivity index (χ2v) is 24.5. The van der Waals surface area contributed by atoms with Crippen molar-refractivity contribution < 1.29 is 14.2 Å². The van der Waals surface area contributed by atoms with E-state index >= 15 is 0 Å². The fourth-order valence-corrected chi connectivity index (χ4v) is 13.2. The van der Waals surface area contributed by atoms with Crippen LogP contribution in [0.4, 0.5) is 17.1 Å². The van der Waals surface area contributed by atoms with Crippen LogP contribution in [0.1, 0.15) is 119 Å². The molecule has 0 radical (unpaired) electrons. The van der Waals surface area contributed by atoms with Crippen molar-refractivity contribution in [2.24, 2.45) is 17.8 Å². The summed E-state index contributed by atoms with van der Waals surface area (Å²) in [6.45, 7) is 15.9. The zero-order valence-corrected chi connectivity index (χ0v) is 50.0. The standard InChI is InChI=1S/C72H81NO3S3/c1-7-13-16-52(10-4)49-74-64-37-25-58(26-38-64)70-46-43-67(77-70)55-19-31-61(32-20-55)73(62-33-21-56(22-34-62)68-44-47-71(78-68)59-27-39-65(40-28-59)75-50-53(11-5)17-14-8-2)63-35-23-57(24-36-63)69-45-48-72(79-69)60-29-41-66(42-30-60)76-51-54(12-6)18-15-9-3/h19-48,52-54H,7-18,49-51H2,1-6H3. The first-order valence-electron chi connectivity index (χ1n) is 29.5. The summed E-state index contributed by atoms with van der Waals surface area (Å²) < 4.78 is 18.7. The summed E-state index contributed by atoms with van der Waals surface area (Å²) in [5.41, 5.74) is 10.6. The molecular weight excluding hydrogens is 1020 g/mol. The molecule has 9 rings (SSSR count). The Labute approximate surface area is 485 Å². The van der Waals surface area contributed by atoms with Gasteiger partial charge < -0.3 is 19.1 Å². The average molecular weight is 1100 g/mol. The monoisotopic (exact) mass is 1100 g/mol. The third kappa shape index (κ3) is 15.5. The molecule has 0 N–H and O–H groups in total. The summed E-state index contributed by atoms with van der Waals surface area (Å²) in [5, 5.41) is 0. The lowest BCUT2D eigenvalue weighted by atomic mass is 10.0. The van der Waals surface area contributed by atoms with Gasteiger partial charge in [-0.15, -0.1) is 34.0 Å². The molecule has 7 heteroatoms. The molecule has 4 nitrogen and oxygen atoms in total. The van der Waals surface area contributed by atoms with Crippen LogP contribution in [0.3, 0.4) is 0 Å². The van der Waals surface area contributed by atoms with Crippen molar-refractivity contribution in [1.29, 1.82) is 0 Å². The van der Waals surface area contributed by atoms with Gasteiger partial charge in [-0.3, -0.25) is 0 Å². The van der Waals surface area contributed by atoms with Crippen LogP contribution >= 0.6 is 34.0 Å². The lowest BCUT2D eigenvalue weighted by Gasteiger charge is -2.26. The zero-order valence-electron chi connectivity index (χ0n) is 47.6. The quantitative estimate of drug-likeness (QED) is 0.0449. The van der Waals surface area contributed by atoms with Crippen LogP contribution < -0.4 is 19.1 Å². The maximum atomic E-state index is 6.24. The second kappa shape index (κ2) is 29.2. The molecule has 0 aliphatic carbocycles. The fraction of sp³-hybridized carbons (Fsp3) is 0.333. The Hall–Kier alpha value is -6.38. The van der Waals surface area contributed by atoms with Crippen LogP contribution in [-0.4, -0.2) is 19.8 Å². The number of nitrogens with zero attached hydrogens (tertiary/aromatic N) is 1. The highest BCUT2D eigenvalue weighted by atomic mass is 32.1. The SMILES string of the molecule is CCCCC(CC)COc1ccc(-c2ccc(-c3ccc(N(c4ccc(-c5ccc(-c6ccc(OCC(CC)CCCC)cc6)s5)cc4)c4ccc(-c5ccc(-c6ccc(OCC(CC)CCCC)cc6)s5)cc4)cc3)s2)cc1. The first-order chi connectivity index (χ1) is 38.8. The molecule has 0 aliphatic rings. The fourth-order valence-electron chi connectivity index (χ4n) is 10.2. The van der Waals surface area contributed by atoms with Crippen LogP contribution in [0.25, 0.3) is 62.6 Å². The maximum Gasteiger partial charge on any atom is 0.119 e. The van der Waals surface area contributed by atoms with Gasteiger partial charge in [-0.25, -0.2) is 0 Å². The number of thiophene rings is 3. The van der Waals surface area contributed by atoms with Crippen molar-refractivity contribution >= 4 is 51.1 Å². The van der Waals surface area contributed by atoms with Crippen molar-refractivity contribution in [2.75, 3.05) is 24.7 Å². The molecular formula is C72H81NO3S3. The first-order valence-corrected chi connectivity index (χ1v) is 31.9. The van der Waals surface area contributed by atoms with E-state index in [1.807, 2.05) is 34.0 Å². The van der Waals surface area contributed by atoms with Crippen LogP contribution in [0.5, 0.6) is 17.2 Å². The molecule has 79 heavy (non-hydrogen) atoms. The molecule has 410 valence electrons. The molecule has 0 saturated heterocycles. The maximum absolute atomic E-state index is 6.24. The Morgan fingerprint density at radius 2 is 0.506 bits per heavy atom. The van der Waals surface area contributed by atoms with Crippen molar-refractivity contribution in [1.82, 2.24) is 0 Å². The van der Waals surface area contributed by atoms with Crippen LogP contribution in [0.15, 0.2) is 182 Å². The van der Waals surface area contributed by atoms with Gasteiger partial charge in [-0.1, -0.05) is 136 Å². The van der Waals surface area contributed by atoms with Crippen LogP contribution in [0.2, 0.25) is 0 Å². The van der Waals surface area contributed by atoms with Crippen molar-refractivity contribution in [3.63, 3.8) is 0 Å². The van der Waals surface area contributed by atoms with Gasteiger partial charge in [0.2, 0.25) is 0 Å². The molecule has 0 saturated carbocycles. The molecule has 3 heterocycles.